The van der Waals surface area contributed by atoms with Crippen LogP contribution in [0.5, 0.6) is 0 Å². The molecule has 0 radical (unpaired) electrons. The largest absolute Gasteiger partial charge is 0.469 e. The van der Waals surface area contributed by atoms with E-state index in [1.807, 2.05) is 6.07 Å². The fourth-order valence-electron chi connectivity index (χ4n) is 1.50. The number of esters is 1. The minimum Gasteiger partial charge on any atom is -0.469 e. The van der Waals surface area contributed by atoms with Gasteiger partial charge in [-0.2, -0.15) is 5.26 Å². The molecule has 0 aliphatic rings. The lowest BCUT2D eigenvalue weighted by Gasteiger charge is -2.06. The van der Waals surface area contributed by atoms with Crippen LogP contribution < -0.4 is 5.73 Å². The summed E-state index contributed by atoms with van der Waals surface area (Å²) < 4.78 is 4.46. The molecule has 0 aliphatic carbocycles. The van der Waals surface area contributed by atoms with E-state index in [1.54, 1.807) is 0 Å². The number of nitro groups is 1. The summed E-state index contributed by atoms with van der Waals surface area (Å²) in [5.74, 6) is -0.592. The zero-order valence-corrected chi connectivity index (χ0v) is 9.67. The summed E-state index contributed by atoms with van der Waals surface area (Å²) in [6.07, 6.45) is -0.231. The molecule has 0 saturated carbocycles. The van der Waals surface area contributed by atoms with Crippen LogP contribution in [0, 0.1) is 21.4 Å². The van der Waals surface area contributed by atoms with Gasteiger partial charge in [-0.15, -0.1) is 0 Å². The van der Waals surface area contributed by atoms with Crippen molar-refractivity contribution in [1.29, 1.82) is 5.26 Å². The lowest BCUT2D eigenvalue weighted by molar-refractivity contribution is -0.385. The van der Waals surface area contributed by atoms with Gasteiger partial charge in [-0.05, 0) is 11.6 Å². The molecule has 1 aromatic rings. The summed E-state index contributed by atoms with van der Waals surface area (Å²) >= 11 is 0. The Balaban J connectivity index is 3.34. The molecule has 7 nitrogen and oxygen atoms in total. The van der Waals surface area contributed by atoms with E-state index in [4.69, 9.17) is 11.0 Å². The number of carbonyl (C=O) groups is 1. The molecule has 0 atom stereocenters. The third-order valence-corrected chi connectivity index (χ3v) is 2.40. The van der Waals surface area contributed by atoms with Crippen LogP contribution in [0.15, 0.2) is 12.1 Å². The van der Waals surface area contributed by atoms with Crippen molar-refractivity contribution >= 4 is 11.7 Å². The third kappa shape index (κ3) is 2.81. The smallest absolute Gasteiger partial charge is 0.310 e. The average Bonchev–Trinajstić information content (AvgIpc) is 2.37. The molecule has 1 aromatic carbocycles. The van der Waals surface area contributed by atoms with Crippen molar-refractivity contribution in [3.8, 4) is 6.07 Å². The summed E-state index contributed by atoms with van der Waals surface area (Å²) in [4.78, 5) is 21.4. The number of ether oxygens (including phenoxy) is 1. The molecule has 0 spiro atoms. The Morgan fingerprint density at radius 3 is 2.67 bits per heavy atom. The number of hydrogen-bond donors (Lipinski definition) is 1. The molecular weight excluding hydrogens is 238 g/mol. The molecule has 0 unspecified atom stereocenters. The van der Waals surface area contributed by atoms with Crippen LogP contribution in [0.3, 0.4) is 0 Å². The molecule has 2 N–H and O–H groups in total. The van der Waals surface area contributed by atoms with Gasteiger partial charge >= 0.3 is 5.97 Å². The van der Waals surface area contributed by atoms with Gasteiger partial charge in [0.25, 0.3) is 5.69 Å². The summed E-state index contributed by atoms with van der Waals surface area (Å²) in [7, 11) is 1.20. The van der Waals surface area contributed by atoms with Gasteiger partial charge in [-0.3, -0.25) is 14.9 Å². The molecule has 0 fully saturated rings. The maximum absolute atomic E-state index is 11.2. The lowest BCUT2D eigenvalue weighted by atomic mass is 10.0. The minimum absolute atomic E-state index is 0.0645. The van der Waals surface area contributed by atoms with Crippen molar-refractivity contribution in [2.24, 2.45) is 5.73 Å². The molecule has 0 heterocycles. The second-order valence-electron chi connectivity index (χ2n) is 3.46. The number of nitrogens with two attached hydrogens (primary N) is 1. The number of benzene rings is 1. The van der Waals surface area contributed by atoms with Crippen molar-refractivity contribution in [3.63, 3.8) is 0 Å². The zero-order valence-electron chi connectivity index (χ0n) is 9.67. The van der Waals surface area contributed by atoms with E-state index in [9.17, 15) is 14.9 Å². The highest BCUT2D eigenvalue weighted by molar-refractivity contribution is 5.74. The van der Waals surface area contributed by atoms with Gasteiger partial charge in [0.1, 0.15) is 0 Å². The second-order valence-corrected chi connectivity index (χ2v) is 3.46. The number of hydrogen-bond acceptors (Lipinski definition) is 6. The molecule has 0 aromatic heterocycles. The van der Waals surface area contributed by atoms with Crippen LogP contribution in [0.2, 0.25) is 0 Å². The van der Waals surface area contributed by atoms with E-state index in [2.05, 4.69) is 4.74 Å². The highest BCUT2D eigenvalue weighted by atomic mass is 16.6. The quantitative estimate of drug-likeness (QED) is 0.475. The number of rotatable bonds is 4. The zero-order chi connectivity index (χ0) is 13.7. The Morgan fingerprint density at radius 2 is 2.22 bits per heavy atom. The van der Waals surface area contributed by atoms with E-state index in [-0.39, 0.29) is 29.8 Å². The first kappa shape index (κ1) is 13.6. The number of nitriles is 1. The van der Waals surface area contributed by atoms with Crippen LogP contribution in [-0.4, -0.2) is 18.0 Å². The van der Waals surface area contributed by atoms with Crippen LogP contribution in [0.4, 0.5) is 5.69 Å². The van der Waals surface area contributed by atoms with Crippen molar-refractivity contribution in [1.82, 2.24) is 0 Å². The van der Waals surface area contributed by atoms with E-state index in [0.29, 0.717) is 5.56 Å². The average molecular weight is 249 g/mol. The van der Waals surface area contributed by atoms with Crippen molar-refractivity contribution in [2.45, 2.75) is 13.0 Å². The number of methoxy groups -OCH3 is 1. The van der Waals surface area contributed by atoms with Gasteiger partial charge in [0, 0.05) is 18.2 Å². The molecule has 0 amide bonds. The Hall–Kier alpha value is -2.46. The van der Waals surface area contributed by atoms with Crippen LogP contribution in [0.1, 0.15) is 16.7 Å². The normalized spacial score (nSPS) is 9.61. The van der Waals surface area contributed by atoms with E-state index in [0.717, 1.165) is 6.07 Å². The standard InChI is InChI=1S/C11H11N3O4/c1-18-11(15)4-7-2-8(5-12)9(6-13)3-10(7)14(16)17/h2-3H,4-5,12H2,1H3. The molecule has 0 saturated heterocycles. The van der Waals surface area contributed by atoms with Crippen molar-refractivity contribution in [3.05, 3.63) is 38.9 Å². The maximum atomic E-state index is 11.2. The first-order valence-corrected chi connectivity index (χ1v) is 5.00. The van der Waals surface area contributed by atoms with Gasteiger partial charge in [-0.25, -0.2) is 0 Å². The monoisotopic (exact) mass is 249 g/mol. The fourth-order valence-corrected chi connectivity index (χ4v) is 1.50. The predicted molar refractivity (Wildman–Crippen MR) is 61.4 cm³/mol. The SMILES string of the molecule is COC(=O)Cc1cc(CN)c(C#N)cc1[N+](=O)[O-]. The lowest BCUT2D eigenvalue weighted by Crippen LogP contribution is -2.09. The van der Waals surface area contributed by atoms with Crippen LogP contribution >= 0.6 is 0 Å². The first-order chi connectivity index (χ1) is 8.53. The molecule has 94 valence electrons. The molecule has 1 rings (SSSR count). The molecular formula is C11H11N3O4. The Labute approximate surface area is 103 Å². The summed E-state index contributed by atoms with van der Waals surface area (Å²) in [6, 6.07) is 4.36. The fraction of sp³-hybridized carbons (Fsp3) is 0.273. The molecule has 0 aliphatic heterocycles. The Morgan fingerprint density at radius 1 is 1.56 bits per heavy atom. The number of nitrogens with zero attached hydrogens (tertiary/aromatic N) is 2. The predicted octanol–water partition coefficient (Wildman–Crippen LogP) is 0.641. The Kier molecular flexibility index (Phi) is 4.34. The topological polar surface area (TPSA) is 119 Å². The summed E-state index contributed by atoms with van der Waals surface area (Å²) in [5.41, 5.74) is 5.95. The van der Waals surface area contributed by atoms with Crippen LogP contribution in [0.25, 0.3) is 0 Å². The Bertz CT molecular complexity index is 534. The first-order valence-electron chi connectivity index (χ1n) is 5.00. The maximum Gasteiger partial charge on any atom is 0.310 e. The van der Waals surface area contributed by atoms with E-state index < -0.39 is 10.9 Å². The van der Waals surface area contributed by atoms with Gasteiger partial charge in [0.05, 0.1) is 30.1 Å². The van der Waals surface area contributed by atoms with Gasteiger partial charge in [0.2, 0.25) is 0 Å². The second kappa shape index (κ2) is 5.75. The van der Waals surface area contributed by atoms with E-state index in [1.165, 1.54) is 13.2 Å². The van der Waals surface area contributed by atoms with Crippen molar-refractivity contribution in [2.75, 3.05) is 7.11 Å². The highest BCUT2D eigenvalue weighted by Gasteiger charge is 2.20. The van der Waals surface area contributed by atoms with E-state index >= 15 is 0 Å². The van der Waals surface area contributed by atoms with Gasteiger partial charge in [-0.1, -0.05) is 0 Å². The molecule has 7 heteroatoms. The third-order valence-electron chi connectivity index (χ3n) is 2.40. The van der Waals surface area contributed by atoms with Gasteiger partial charge in [0.15, 0.2) is 0 Å². The summed E-state index contributed by atoms with van der Waals surface area (Å²) in [6.45, 7) is 0.0645. The molecule has 0 bridgehead atoms. The van der Waals surface area contributed by atoms with Crippen LogP contribution in [-0.2, 0) is 22.5 Å². The molecule has 18 heavy (non-hydrogen) atoms. The summed E-state index contributed by atoms with van der Waals surface area (Å²) in [5, 5.41) is 19.7. The minimum atomic E-state index is -0.639. The number of nitro benzene ring substituents is 1. The van der Waals surface area contributed by atoms with Crippen molar-refractivity contribution < 1.29 is 14.5 Å². The number of carbonyl (C=O) groups excluding carboxylic acids is 1. The highest BCUT2D eigenvalue weighted by Crippen LogP contribution is 2.24. The van der Waals surface area contributed by atoms with Gasteiger partial charge < -0.3 is 10.5 Å².